The van der Waals surface area contributed by atoms with Crippen LogP contribution in [0.4, 0.5) is 15.9 Å². The molecule has 3 N–H and O–H groups in total. The summed E-state index contributed by atoms with van der Waals surface area (Å²) < 4.78 is 22.2. The lowest BCUT2D eigenvalue weighted by Crippen LogP contribution is -2.49. The molecule has 0 spiro atoms. The fourth-order valence-corrected chi connectivity index (χ4v) is 6.33. The second kappa shape index (κ2) is 12.1. The average Bonchev–Trinajstić information content (AvgIpc) is 3.42. The van der Waals surface area contributed by atoms with Crippen LogP contribution in [0.15, 0.2) is 54.7 Å². The number of pyridine rings is 1. The number of rotatable bonds is 7. The number of hydrogen-bond donors (Lipinski definition) is 2. The zero-order chi connectivity index (χ0) is 29.2. The summed E-state index contributed by atoms with van der Waals surface area (Å²) in [7, 11) is 3.54. The molecule has 220 valence electrons. The number of nitrogens with two attached hydrogens (primary N) is 1. The highest BCUT2D eigenvalue weighted by molar-refractivity contribution is 6.00. The molecule has 1 saturated heterocycles. The first-order valence-electron chi connectivity index (χ1n) is 14.7. The summed E-state index contributed by atoms with van der Waals surface area (Å²) >= 11 is 0. The fourth-order valence-electron chi connectivity index (χ4n) is 6.33. The van der Waals surface area contributed by atoms with Crippen molar-refractivity contribution in [3.8, 4) is 11.3 Å². The summed E-state index contributed by atoms with van der Waals surface area (Å²) in [5.74, 6) is -0.366. The number of aromatic nitrogens is 3. The van der Waals surface area contributed by atoms with Crippen molar-refractivity contribution in [3.63, 3.8) is 0 Å². The molecule has 42 heavy (non-hydrogen) atoms. The van der Waals surface area contributed by atoms with Gasteiger partial charge in [0.05, 0.1) is 35.3 Å². The molecule has 0 amide bonds. The molecular weight excluding hydrogens is 533 g/mol. The number of nitrogens with zero attached hydrogens (tertiary/aromatic N) is 5. The normalized spacial score (nSPS) is 20.1. The highest BCUT2D eigenvalue weighted by Gasteiger charge is 2.30. The number of carbonyl (C=O) groups excluding carboxylic acids is 1. The van der Waals surface area contributed by atoms with Gasteiger partial charge in [0, 0.05) is 50.5 Å². The van der Waals surface area contributed by atoms with E-state index in [0.29, 0.717) is 40.9 Å². The Labute approximate surface area is 245 Å². The Morgan fingerprint density at radius 2 is 1.74 bits per heavy atom. The number of nitrogens with one attached hydrogen (secondary N) is 1. The van der Waals surface area contributed by atoms with Crippen LogP contribution in [0, 0.1) is 5.82 Å². The summed E-state index contributed by atoms with van der Waals surface area (Å²) in [6.07, 6.45) is 6.11. The van der Waals surface area contributed by atoms with E-state index in [9.17, 15) is 4.79 Å². The summed E-state index contributed by atoms with van der Waals surface area (Å²) in [5.41, 5.74) is 10.4. The van der Waals surface area contributed by atoms with Gasteiger partial charge in [0.2, 0.25) is 0 Å². The van der Waals surface area contributed by atoms with E-state index in [1.165, 1.54) is 13.2 Å². The number of benzene rings is 2. The van der Waals surface area contributed by atoms with Crippen LogP contribution in [-0.2, 0) is 11.3 Å². The van der Waals surface area contributed by atoms with Crippen LogP contribution in [0.2, 0.25) is 0 Å². The van der Waals surface area contributed by atoms with E-state index in [-0.39, 0.29) is 17.8 Å². The first kappa shape index (κ1) is 28.1. The molecule has 2 aliphatic rings. The number of likely N-dealkylation sites (N-methyl/N-ethyl adjacent to an activating group) is 1. The van der Waals surface area contributed by atoms with E-state index in [0.717, 1.165) is 68.3 Å². The summed E-state index contributed by atoms with van der Waals surface area (Å²) in [6.45, 7) is 4.95. The molecule has 2 fully saturated rings. The van der Waals surface area contributed by atoms with Crippen LogP contribution >= 0.6 is 0 Å². The molecule has 0 radical (unpaired) electrons. The van der Waals surface area contributed by atoms with Crippen LogP contribution in [0.5, 0.6) is 0 Å². The molecule has 1 aliphatic heterocycles. The standard InChI is InChI=1S/C32H38FN7O2/c1-38-15-17-39(18-16-38)24-8-10-25(11-9-24)40-28-13-14-35-31(34)29(28)30(37-40)23-7-12-27(26(33)19-23)36-20-21-3-5-22(6-4-21)32(41)42-2/h3-7,12-14,19,24-25,36H,8-11,15-18,20H2,1-2H3,(H2,34,35). The minimum atomic E-state index is -0.389. The van der Waals surface area contributed by atoms with E-state index < -0.39 is 0 Å². The number of fused-ring (bicyclic) bond motifs is 1. The van der Waals surface area contributed by atoms with Crippen LogP contribution < -0.4 is 11.1 Å². The van der Waals surface area contributed by atoms with Crippen molar-refractivity contribution in [1.82, 2.24) is 24.6 Å². The number of piperazine rings is 1. The molecule has 0 unspecified atom stereocenters. The number of halogens is 1. The van der Waals surface area contributed by atoms with Crippen molar-refractivity contribution in [2.45, 2.75) is 44.3 Å². The third-order valence-corrected chi connectivity index (χ3v) is 8.82. The number of methoxy groups -OCH3 is 1. The van der Waals surface area contributed by atoms with Crippen LogP contribution in [0.1, 0.15) is 47.6 Å². The van der Waals surface area contributed by atoms with Gasteiger partial charge in [-0.25, -0.2) is 14.2 Å². The number of nitrogen functional groups attached to an aromatic ring is 1. The van der Waals surface area contributed by atoms with Crippen molar-refractivity contribution in [2.24, 2.45) is 0 Å². The Balaban J connectivity index is 1.19. The smallest absolute Gasteiger partial charge is 0.337 e. The topological polar surface area (TPSA) is 102 Å². The molecule has 1 saturated carbocycles. The van der Waals surface area contributed by atoms with Gasteiger partial charge in [-0.1, -0.05) is 18.2 Å². The van der Waals surface area contributed by atoms with Crippen molar-refractivity contribution >= 4 is 28.4 Å². The number of hydrogen-bond acceptors (Lipinski definition) is 8. The number of anilines is 2. The number of carbonyl (C=O) groups is 1. The van der Waals surface area contributed by atoms with Crippen molar-refractivity contribution < 1.29 is 13.9 Å². The third kappa shape index (κ3) is 5.69. The first-order chi connectivity index (χ1) is 20.4. The Kier molecular flexibility index (Phi) is 8.08. The zero-order valence-electron chi connectivity index (χ0n) is 24.2. The van der Waals surface area contributed by atoms with Crippen LogP contribution in [0.25, 0.3) is 22.2 Å². The van der Waals surface area contributed by atoms with Crippen molar-refractivity contribution in [1.29, 1.82) is 0 Å². The second-order valence-corrected chi connectivity index (χ2v) is 11.4. The predicted octanol–water partition coefficient (Wildman–Crippen LogP) is 4.95. The zero-order valence-corrected chi connectivity index (χ0v) is 24.2. The number of ether oxygens (including phenoxy) is 1. The van der Waals surface area contributed by atoms with Crippen molar-refractivity contribution in [2.75, 3.05) is 51.4 Å². The van der Waals surface area contributed by atoms with E-state index in [2.05, 4.69) is 31.8 Å². The van der Waals surface area contributed by atoms with Crippen LogP contribution in [0.3, 0.4) is 0 Å². The van der Waals surface area contributed by atoms with Gasteiger partial charge in [-0.3, -0.25) is 9.58 Å². The summed E-state index contributed by atoms with van der Waals surface area (Å²) in [5, 5.41) is 8.95. The van der Waals surface area contributed by atoms with E-state index in [1.54, 1.807) is 24.4 Å². The van der Waals surface area contributed by atoms with Gasteiger partial charge < -0.3 is 20.7 Å². The van der Waals surface area contributed by atoms with Crippen molar-refractivity contribution in [3.05, 3.63) is 71.7 Å². The van der Waals surface area contributed by atoms with Gasteiger partial charge in [-0.15, -0.1) is 0 Å². The largest absolute Gasteiger partial charge is 0.465 e. The minimum Gasteiger partial charge on any atom is -0.465 e. The van der Waals surface area contributed by atoms with Gasteiger partial charge in [-0.2, -0.15) is 5.10 Å². The summed E-state index contributed by atoms with van der Waals surface area (Å²) in [6, 6.07) is 15.0. The molecular formula is C32H38FN7O2. The third-order valence-electron chi connectivity index (χ3n) is 8.82. The molecule has 2 aromatic carbocycles. The fraction of sp³-hybridized carbons (Fsp3) is 0.406. The van der Waals surface area contributed by atoms with E-state index >= 15 is 4.39 Å². The van der Waals surface area contributed by atoms with Gasteiger partial charge in [0.25, 0.3) is 0 Å². The van der Waals surface area contributed by atoms with Gasteiger partial charge in [0.15, 0.2) is 0 Å². The molecule has 6 rings (SSSR count). The Hall–Kier alpha value is -4.02. The highest BCUT2D eigenvalue weighted by atomic mass is 19.1. The minimum absolute atomic E-state index is 0.267. The second-order valence-electron chi connectivity index (χ2n) is 11.4. The van der Waals surface area contributed by atoms with Gasteiger partial charge >= 0.3 is 5.97 Å². The molecule has 1 aliphatic carbocycles. The quantitative estimate of drug-likeness (QED) is 0.301. The highest BCUT2D eigenvalue weighted by Crippen LogP contribution is 2.38. The average molecular weight is 572 g/mol. The molecule has 0 bridgehead atoms. The Morgan fingerprint density at radius 3 is 2.43 bits per heavy atom. The van der Waals surface area contributed by atoms with Crippen LogP contribution in [-0.4, -0.2) is 76.9 Å². The summed E-state index contributed by atoms with van der Waals surface area (Å²) in [4.78, 5) is 21.1. The molecule has 4 aromatic rings. The maximum absolute atomic E-state index is 15.3. The number of esters is 1. The lowest BCUT2D eigenvalue weighted by molar-refractivity contribution is 0.0600. The SMILES string of the molecule is COC(=O)c1ccc(CNc2ccc(-c3nn(C4CCC(N5CCN(C)CC5)CC4)c4ccnc(N)c34)cc2F)cc1. The van der Waals surface area contributed by atoms with Gasteiger partial charge in [-0.05, 0) is 68.6 Å². The lowest BCUT2D eigenvalue weighted by atomic mass is 9.89. The Bertz CT molecular complexity index is 1560. The maximum atomic E-state index is 15.3. The molecule has 0 atom stereocenters. The predicted molar refractivity (Wildman–Crippen MR) is 163 cm³/mol. The van der Waals surface area contributed by atoms with E-state index in [1.807, 2.05) is 24.3 Å². The molecule has 3 heterocycles. The Morgan fingerprint density at radius 1 is 1.02 bits per heavy atom. The molecule has 10 heteroatoms. The maximum Gasteiger partial charge on any atom is 0.337 e. The molecule has 9 nitrogen and oxygen atoms in total. The monoisotopic (exact) mass is 571 g/mol. The lowest BCUT2D eigenvalue weighted by Gasteiger charge is -2.41. The first-order valence-corrected chi connectivity index (χ1v) is 14.7. The van der Waals surface area contributed by atoms with E-state index in [4.69, 9.17) is 15.6 Å². The molecule has 2 aromatic heterocycles. The van der Waals surface area contributed by atoms with Gasteiger partial charge in [0.1, 0.15) is 17.3 Å².